The van der Waals surface area contributed by atoms with Gasteiger partial charge < -0.3 is 10.4 Å². The molecular weight excluding hydrogens is 240 g/mol. The highest BCUT2D eigenvalue weighted by Gasteiger charge is 2.25. The topological polar surface area (TPSA) is 79.3 Å². The lowest BCUT2D eigenvalue weighted by Crippen LogP contribution is -2.44. The van der Waals surface area contributed by atoms with Crippen molar-refractivity contribution < 1.29 is 14.7 Å². The molecule has 0 aliphatic carbocycles. The molecule has 2 N–H and O–H groups in total. The van der Waals surface area contributed by atoms with Crippen LogP contribution in [0.15, 0.2) is 0 Å². The van der Waals surface area contributed by atoms with E-state index >= 15 is 0 Å². The highest BCUT2D eigenvalue weighted by molar-refractivity contribution is 7.11. The monoisotopic (exact) mass is 256 g/mol. The number of aliphatic carboxylic acids is 1. The summed E-state index contributed by atoms with van der Waals surface area (Å²) >= 11 is 1.42. The van der Waals surface area contributed by atoms with Crippen LogP contribution in [0.4, 0.5) is 0 Å². The lowest BCUT2D eigenvalue weighted by molar-refractivity contribution is -0.140. The predicted octanol–water partition coefficient (Wildman–Crippen LogP) is 1.60. The second-order valence-corrected chi connectivity index (χ2v) is 5.58. The molecule has 1 amide bonds. The zero-order chi connectivity index (χ0) is 13.2. The van der Waals surface area contributed by atoms with Crippen LogP contribution >= 0.6 is 11.3 Å². The molecule has 1 atom stereocenters. The van der Waals surface area contributed by atoms with Gasteiger partial charge in [-0.2, -0.15) is 0 Å². The molecule has 0 saturated carbocycles. The van der Waals surface area contributed by atoms with E-state index in [4.69, 9.17) is 5.11 Å². The van der Waals surface area contributed by atoms with Crippen molar-refractivity contribution >= 4 is 23.2 Å². The van der Waals surface area contributed by atoms with Crippen molar-refractivity contribution in [1.29, 1.82) is 0 Å². The van der Waals surface area contributed by atoms with Gasteiger partial charge in [-0.3, -0.25) is 4.79 Å². The summed E-state index contributed by atoms with van der Waals surface area (Å²) in [7, 11) is 0. The summed E-state index contributed by atoms with van der Waals surface area (Å²) in [5, 5.41) is 12.3. The van der Waals surface area contributed by atoms with E-state index in [1.165, 1.54) is 11.3 Å². The van der Waals surface area contributed by atoms with Crippen molar-refractivity contribution in [3.8, 4) is 0 Å². The Balaban J connectivity index is 2.85. The van der Waals surface area contributed by atoms with E-state index in [0.717, 1.165) is 9.88 Å². The number of carboxylic acids is 1. The Morgan fingerprint density at radius 1 is 1.35 bits per heavy atom. The lowest BCUT2D eigenvalue weighted by Gasteiger charge is -2.17. The van der Waals surface area contributed by atoms with Crippen LogP contribution in [-0.4, -0.2) is 28.0 Å². The largest absolute Gasteiger partial charge is 0.480 e. The van der Waals surface area contributed by atoms with Crippen LogP contribution in [0.2, 0.25) is 0 Å². The van der Waals surface area contributed by atoms with E-state index in [9.17, 15) is 9.59 Å². The molecule has 0 spiro atoms. The molecule has 1 heterocycles. The van der Waals surface area contributed by atoms with Crippen LogP contribution < -0.4 is 5.32 Å². The number of thiazole rings is 1. The number of carbonyl (C=O) groups excluding carboxylic acids is 1. The first-order chi connectivity index (χ1) is 7.82. The normalized spacial score (nSPS) is 12.5. The van der Waals surface area contributed by atoms with Crippen LogP contribution in [0, 0.1) is 19.8 Å². The SMILES string of the molecule is Cc1nc(C(=O)N[C@H](C(=O)O)C(C)C)c(C)s1. The van der Waals surface area contributed by atoms with Gasteiger partial charge in [0.05, 0.1) is 5.01 Å². The molecule has 5 nitrogen and oxygen atoms in total. The van der Waals surface area contributed by atoms with Gasteiger partial charge in [0.25, 0.3) is 5.91 Å². The number of nitrogens with one attached hydrogen (secondary N) is 1. The van der Waals surface area contributed by atoms with Gasteiger partial charge in [-0.25, -0.2) is 9.78 Å². The second kappa shape index (κ2) is 5.27. The fraction of sp³-hybridized carbons (Fsp3) is 0.545. The van der Waals surface area contributed by atoms with Crippen LogP contribution in [0.1, 0.15) is 34.2 Å². The lowest BCUT2D eigenvalue weighted by atomic mass is 10.0. The molecule has 17 heavy (non-hydrogen) atoms. The van der Waals surface area contributed by atoms with Gasteiger partial charge in [0.1, 0.15) is 11.7 Å². The molecule has 0 aliphatic heterocycles. The van der Waals surface area contributed by atoms with Crippen LogP contribution in [0.3, 0.4) is 0 Å². The molecule has 1 aromatic rings. The number of aryl methyl sites for hydroxylation is 2. The third kappa shape index (κ3) is 3.26. The number of rotatable bonds is 4. The molecule has 0 aromatic carbocycles. The third-order valence-corrected chi connectivity index (χ3v) is 3.22. The van der Waals surface area contributed by atoms with Crippen molar-refractivity contribution in [3.63, 3.8) is 0 Å². The molecule has 6 heteroatoms. The minimum atomic E-state index is -1.03. The Morgan fingerprint density at radius 2 is 1.94 bits per heavy atom. The quantitative estimate of drug-likeness (QED) is 0.857. The number of amides is 1. The zero-order valence-electron chi connectivity index (χ0n) is 10.3. The van der Waals surface area contributed by atoms with Crippen LogP contribution in [0.25, 0.3) is 0 Å². The van der Waals surface area contributed by atoms with E-state index in [1.54, 1.807) is 20.8 Å². The van der Waals surface area contributed by atoms with Gasteiger partial charge in [-0.05, 0) is 19.8 Å². The smallest absolute Gasteiger partial charge is 0.326 e. The summed E-state index contributed by atoms with van der Waals surface area (Å²) in [5.41, 5.74) is 0.319. The first-order valence-corrected chi connectivity index (χ1v) is 6.12. The van der Waals surface area contributed by atoms with Gasteiger partial charge in [-0.15, -0.1) is 11.3 Å². The molecule has 0 bridgehead atoms. The second-order valence-electron chi connectivity index (χ2n) is 4.17. The number of carbonyl (C=O) groups is 2. The Hall–Kier alpha value is -1.43. The summed E-state index contributed by atoms with van der Waals surface area (Å²) in [5.74, 6) is -1.62. The minimum absolute atomic E-state index is 0.170. The third-order valence-electron chi connectivity index (χ3n) is 2.34. The molecular formula is C11H16N2O3S. The fourth-order valence-corrected chi connectivity index (χ4v) is 2.28. The first kappa shape index (κ1) is 13.6. The maximum atomic E-state index is 11.9. The summed E-state index contributed by atoms with van der Waals surface area (Å²) in [6, 6.07) is -0.885. The van der Waals surface area contributed by atoms with E-state index in [-0.39, 0.29) is 5.92 Å². The molecule has 0 aliphatic rings. The molecule has 0 fully saturated rings. The Morgan fingerprint density at radius 3 is 2.29 bits per heavy atom. The Bertz CT molecular complexity index is 440. The summed E-state index contributed by atoms with van der Waals surface area (Å²) < 4.78 is 0. The van der Waals surface area contributed by atoms with Crippen LogP contribution in [0.5, 0.6) is 0 Å². The first-order valence-electron chi connectivity index (χ1n) is 5.30. The van der Waals surface area contributed by atoms with E-state index < -0.39 is 17.9 Å². The Kier molecular flexibility index (Phi) is 4.22. The number of hydrogen-bond donors (Lipinski definition) is 2. The number of hydrogen-bond acceptors (Lipinski definition) is 4. The van der Waals surface area contributed by atoms with E-state index in [0.29, 0.717) is 5.69 Å². The maximum absolute atomic E-state index is 11.9. The number of nitrogens with zero attached hydrogens (tertiary/aromatic N) is 1. The molecule has 94 valence electrons. The molecule has 0 saturated heterocycles. The Labute approximate surface area is 104 Å². The van der Waals surface area contributed by atoms with Gasteiger partial charge in [0.2, 0.25) is 0 Å². The fourth-order valence-electron chi connectivity index (χ4n) is 1.46. The van der Waals surface area contributed by atoms with E-state index in [1.807, 2.05) is 6.92 Å². The average Bonchev–Trinajstić information content (AvgIpc) is 2.53. The van der Waals surface area contributed by atoms with Crippen molar-refractivity contribution in [2.75, 3.05) is 0 Å². The van der Waals surface area contributed by atoms with Crippen molar-refractivity contribution in [3.05, 3.63) is 15.6 Å². The van der Waals surface area contributed by atoms with Gasteiger partial charge >= 0.3 is 5.97 Å². The van der Waals surface area contributed by atoms with Crippen molar-refractivity contribution in [1.82, 2.24) is 10.3 Å². The van der Waals surface area contributed by atoms with Gasteiger partial charge in [-0.1, -0.05) is 13.8 Å². The molecule has 0 unspecified atom stereocenters. The van der Waals surface area contributed by atoms with Gasteiger partial charge in [0.15, 0.2) is 0 Å². The summed E-state index contributed by atoms with van der Waals surface area (Å²) in [6.07, 6.45) is 0. The van der Waals surface area contributed by atoms with Crippen molar-refractivity contribution in [2.45, 2.75) is 33.7 Å². The molecule has 1 rings (SSSR count). The zero-order valence-corrected chi connectivity index (χ0v) is 11.1. The predicted molar refractivity (Wildman–Crippen MR) is 65.3 cm³/mol. The number of carboxylic acid groups (broad SMARTS) is 1. The maximum Gasteiger partial charge on any atom is 0.326 e. The van der Waals surface area contributed by atoms with Crippen molar-refractivity contribution in [2.24, 2.45) is 5.92 Å². The molecule has 0 radical (unpaired) electrons. The summed E-state index contributed by atoms with van der Waals surface area (Å²) in [6.45, 7) is 7.10. The average molecular weight is 256 g/mol. The molecule has 1 aromatic heterocycles. The van der Waals surface area contributed by atoms with E-state index in [2.05, 4.69) is 10.3 Å². The standard InChI is InChI=1S/C11H16N2O3S/c1-5(2)8(11(15)16)13-10(14)9-6(3)17-7(4)12-9/h5,8H,1-4H3,(H,13,14)(H,15,16)/t8-/m0/s1. The highest BCUT2D eigenvalue weighted by Crippen LogP contribution is 2.16. The minimum Gasteiger partial charge on any atom is -0.480 e. The summed E-state index contributed by atoms with van der Waals surface area (Å²) in [4.78, 5) is 27.7. The van der Waals surface area contributed by atoms with Gasteiger partial charge in [0, 0.05) is 4.88 Å². The van der Waals surface area contributed by atoms with Crippen LogP contribution in [-0.2, 0) is 4.79 Å². The highest BCUT2D eigenvalue weighted by atomic mass is 32.1. The number of aromatic nitrogens is 1.